The molecule has 2 N–H and O–H groups in total. The summed E-state index contributed by atoms with van der Waals surface area (Å²) in [5.41, 5.74) is 0.755. The molecule has 0 bridgehead atoms. The molecule has 100 valence electrons. The van der Waals surface area contributed by atoms with Crippen molar-refractivity contribution in [2.45, 2.75) is 12.8 Å². The smallest absolute Gasteiger partial charge is 0.238 e. The first-order chi connectivity index (χ1) is 8.72. The third kappa shape index (κ3) is 6.59. The lowest BCUT2D eigenvalue weighted by Gasteiger charge is -2.06. The van der Waals surface area contributed by atoms with E-state index in [1.54, 1.807) is 31.4 Å². The van der Waals surface area contributed by atoms with Crippen LogP contribution in [0.4, 0.5) is 5.69 Å². The van der Waals surface area contributed by atoms with Crippen LogP contribution in [0, 0.1) is 0 Å². The van der Waals surface area contributed by atoms with E-state index in [-0.39, 0.29) is 5.91 Å². The minimum Gasteiger partial charge on any atom is -0.385 e. The number of unbranched alkanes of at least 4 members (excludes halogenated alkanes) is 1. The molecule has 5 heteroatoms. The quantitative estimate of drug-likeness (QED) is 0.713. The first-order valence-corrected chi connectivity index (χ1v) is 6.35. The van der Waals surface area contributed by atoms with Gasteiger partial charge in [0.25, 0.3) is 0 Å². The number of rotatable bonds is 8. The molecular weight excluding hydrogens is 252 g/mol. The van der Waals surface area contributed by atoms with Gasteiger partial charge in [-0.15, -0.1) is 0 Å². The zero-order chi connectivity index (χ0) is 13.2. The average Bonchev–Trinajstić information content (AvgIpc) is 2.36. The Labute approximate surface area is 113 Å². The van der Waals surface area contributed by atoms with E-state index in [9.17, 15) is 4.79 Å². The van der Waals surface area contributed by atoms with Crippen molar-refractivity contribution >= 4 is 23.2 Å². The third-order valence-electron chi connectivity index (χ3n) is 2.37. The predicted octanol–water partition coefficient (Wildman–Crippen LogP) is 2.29. The molecule has 0 aliphatic carbocycles. The molecular formula is C13H19ClN2O2. The van der Waals surface area contributed by atoms with E-state index < -0.39 is 0 Å². The fourth-order valence-corrected chi connectivity index (χ4v) is 1.56. The van der Waals surface area contributed by atoms with Crippen LogP contribution in [0.1, 0.15) is 12.8 Å². The lowest BCUT2D eigenvalue weighted by Crippen LogP contribution is -2.28. The molecule has 0 fully saturated rings. The summed E-state index contributed by atoms with van der Waals surface area (Å²) in [6.45, 7) is 1.89. The summed E-state index contributed by atoms with van der Waals surface area (Å²) in [5, 5.41) is 6.53. The topological polar surface area (TPSA) is 50.4 Å². The molecule has 0 aromatic heterocycles. The van der Waals surface area contributed by atoms with Gasteiger partial charge < -0.3 is 15.4 Å². The van der Waals surface area contributed by atoms with Crippen LogP contribution < -0.4 is 10.6 Å². The van der Waals surface area contributed by atoms with E-state index in [0.29, 0.717) is 11.6 Å². The molecule has 0 atom stereocenters. The van der Waals surface area contributed by atoms with E-state index in [0.717, 1.165) is 31.7 Å². The number of benzene rings is 1. The normalized spacial score (nSPS) is 10.3. The highest BCUT2D eigenvalue weighted by Gasteiger charge is 2.01. The van der Waals surface area contributed by atoms with Crippen molar-refractivity contribution < 1.29 is 9.53 Å². The molecule has 0 unspecified atom stereocenters. The van der Waals surface area contributed by atoms with Gasteiger partial charge in [0.2, 0.25) is 5.91 Å². The number of carbonyl (C=O) groups is 1. The van der Waals surface area contributed by atoms with Crippen LogP contribution in [0.3, 0.4) is 0 Å². The molecule has 0 heterocycles. The van der Waals surface area contributed by atoms with Crippen LogP contribution in [0.15, 0.2) is 24.3 Å². The third-order valence-corrected chi connectivity index (χ3v) is 2.62. The summed E-state index contributed by atoms with van der Waals surface area (Å²) < 4.78 is 4.94. The maximum atomic E-state index is 11.6. The Balaban J connectivity index is 2.12. The molecule has 0 saturated carbocycles. The van der Waals surface area contributed by atoms with Crippen LogP contribution >= 0.6 is 11.6 Å². The first-order valence-electron chi connectivity index (χ1n) is 5.97. The minimum atomic E-state index is -0.0518. The van der Waals surface area contributed by atoms with Gasteiger partial charge in [0.1, 0.15) is 0 Å². The number of anilines is 1. The van der Waals surface area contributed by atoms with E-state index in [1.807, 2.05) is 0 Å². The average molecular weight is 271 g/mol. The molecule has 1 amide bonds. The lowest BCUT2D eigenvalue weighted by atomic mass is 10.3. The summed E-state index contributed by atoms with van der Waals surface area (Å²) >= 11 is 5.76. The highest BCUT2D eigenvalue weighted by molar-refractivity contribution is 6.30. The Morgan fingerprint density at radius 1 is 1.28 bits per heavy atom. The summed E-state index contributed by atoms with van der Waals surface area (Å²) in [6, 6.07) is 7.04. The highest BCUT2D eigenvalue weighted by Crippen LogP contribution is 2.12. The molecule has 18 heavy (non-hydrogen) atoms. The molecule has 1 aromatic carbocycles. The van der Waals surface area contributed by atoms with Crippen LogP contribution in [-0.4, -0.2) is 32.7 Å². The van der Waals surface area contributed by atoms with Crippen molar-refractivity contribution in [1.82, 2.24) is 5.32 Å². The maximum absolute atomic E-state index is 11.6. The van der Waals surface area contributed by atoms with Gasteiger partial charge in [-0.1, -0.05) is 11.6 Å². The molecule has 1 rings (SSSR count). The van der Waals surface area contributed by atoms with E-state index in [4.69, 9.17) is 16.3 Å². The van der Waals surface area contributed by atoms with Crippen molar-refractivity contribution in [2.24, 2.45) is 0 Å². The Hall–Kier alpha value is -1.10. The zero-order valence-corrected chi connectivity index (χ0v) is 11.3. The molecule has 0 aliphatic heterocycles. The monoisotopic (exact) mass is 270 g/mol. The van der Waals surface area contributed by atoms with Gasteiger partial charge in [0.05, 0.1) is 6.54 Å². The Morgan fingerprint density at radius 3 is 2.67 bits per heavy atom. The maximum Gasteiger partial charge on any atom is 0.238 e. The van der Waals surface area contributed by atoms with Crippen molar-refractivity contribution in [3.05, 3.63) is 29.3 Å². The van der Waals surface area contributed by atoms with E-state index >= 15 is 0 Å². The summed E-state index contributed by atoms with van der Waals surface area (Å²) in [4.78, 5) is 11.6. The van der Waals surface area contributed by atoms with Gasteiger partial charge in [-0.05, 0) is 43.7 Å². The summed E-state index contributed by atoms with van der Waals surface area (Å²) in [5.74, 6) is -0.0518. The second kappa shape index (κ2) is 8.91. The Kier molecular flexibility index (Phi) is 7.41. The second-order valence-electron chi connectivity index (χ2n) is 3.93. The number of methoxy groups -OCH3 is 1. The van der Waals surface area contributed by atoms with Crippen molar-refractivity contribution in [1.29, 1.82) is 0 Å². The number of amides is 1. The van der Waals surface area contributed by atoms with Crippen LogP contribution in [0.5, 0.6) is 0 Å². The number of carbonyl (C=O) groups excluding carboxylic acids is 1. The fourth-order valence-electron chi connectivity index (χ4n) is 1.44. The van der Waals surface area contributed by atoms with Crippen molar-refractivity contribution in [2.75, 3.05) is 32.1 Å². The summed E-state index contributed by atoms with van der Waals surface area (Å²) in [6.07, 6.45) is 2.00. The van der Waals surface area contributed by atoms with Crippen molar-refractivity contribution in [3.63, 3.8) is 0 Å². The second-order valence-corrected chi connectivity index (χ2v) is 4.37. The molecule has 4 nitrogen and oxygen atoms in total. The number of hydrogen-bond acceptors (Lipinski definition) is 3. The first kappa shape index (κ1) is 15.0. The van der Waals surface area contributed by atoms with Gasteiger partial charge in [0, 0.05) is 24.4 Å². The number of ether oxygens (including phenoxy) is 1. The largest absolute Gasteiger partial charge is 0.385 e. The van der Waals surface area contributed by atoms with Crippen molar-refractivity contribution in [3.8, 4) is 0 Å². The van der Waals surface area contributed by atoms with E-state index in [1.165, 1.54) is 0 Å². The van der Waals surface area contributed by atoms with Gasteiger partial charge in [0.15, 0.2) is 0 Å². The van der Waals surface area contributed by atoms with E-state index in [2.05, 4.69) is 10.6 Å². The summed E-state index contributed by atoms with van der Waals surface area (Å²) in [7, 11) is 1.69. The van der Waals surface area contributed by atoms with Gasteiger partial charge in [-0.25, -0.2) is 0 Å². The van der Waals surface area contributed by atoms with Gasteiger partial charge in [-0.2, -0.15) is 0 Å². The fraction of sp³-hybridized carbons (Fsp3) is 0.462. The number of halogens is 1. The van der Waals surface area contributed by atoms with Crippen LogP contribution in [0.2, 0.25) is 5.02 Å². The molecule has 0 radical (unpaired) electrons. The standard InChI is InChI=1S/C13H19ClN2O2/c1-18-9-3-2-8-15-10-13(17)16-12-6-4-11(14)5-7-12/h4-7,15H,2-3,8-10H2,1H3,(H,16,17). The van der Waals surface area contributed by atoms with Crippen LogP contribution in [0.25, 0.3) is 0 Å². The zero-order valence-electron chi connectivity index (χ0n) is 10.5. The van der Waals surface area contributed by atoms with Gasteiger partial charge >= 0.3 is 0 Å². The highest BCUT2D eigenvalue weighted by atomic mass is 35.5. The predicted molar refractivity (Wildman–Crippen MR) is 74.1 cm³/mol. The molecule has 1 aromatic rings. The molecule has 0 saturated heterocycles. The van der Waals surface area contributed by atoms with Gasteiger partial charge in [-0.3, -0.25) is 4.79 Å². The minimum absolute atomic E-state index is 0.0518. The molecule has 0 aliphatic rings. The SMILES string of the molecule is COCCCCNCC(=O)Nc1ccc(Cl)cc1. The number of hydrogen-bond donors (Lipinski definition) is 2. The Morgan fingerprint density at radius 2 is 2.00 bits per heavy atom. The molecule has 0 spiro atoms. The number of nitrogens with one attached hydrogen (secondary N) is 2. The lowest BCUT2D eigenvalue weighted by molar-refractivity contribution is -0.115. The Bertz CT molecular complexity index is 355. The van der Waals surface area contributed by atoms with Crippen LogP contribution in [-0.2, 0) is 9.53 Å².